The van der Waals surface area contributed by atoms with Gasteiger partial charge in [0, 0.05) is 6.20 Å². The number of benzene rings is 1. The van der Waals surface area contributed by atoms with Gasteiger partial charge in [-0.25, -0.2) is 9.48 Å². The van der Waals surface area contributed by atoms with Gasteiger partial charge in [0.1, 0.15) is 5.69 Å². The van der Waals surface area contributed by atoms with Crippen LogP contribution in [0.3, 0.4) is 0 Å². The van der Waals surface area contributed by atoms with E-state index in [0.717, 1.165) is 17.5 Å². The third kappa shape index (κ3) is 1.85. The number of aryl methyl sites for hydroxylation is 1. The molecule has 1 heterocycles. The standard InChI is InChI=1S/C15H14N2O2/c1-2-10-3-5-12-11(9-10)4-6-13(12)17-14(15(18)19)7-8-16-17/h3-9,13H,2H2,1H3,(H,18,19). The Labute approximate surface area is 111 Å². The summed E-state index contributed by atoms with van der Waals surface area (Å²) in [6.07, 6.45) is 6.54. The second-order valence-electron chi connectivity index (χ2n) is 4.59. The van der Waals surface area contributed by atoms with Crippen LogP contribution >= 0.6 is 0 Å². The average Bonchev–Trinajstić information content (AvgIpc) is 3.03. The predicted molar refractivity (Wildman–Crippen MR) is 72.2 cm³/mol. The van der Waals surface area contributed by atoms with Crippen LogP contribution in [0.15, 0.2) is 36.5 Å². The fourth-order valence-corrected chi connectivity index (χ4v) is 2.47. The van der Waals surface area contributed by atoms with Crippen molar-refractivity contribution >= 4 is 12.0 Å². The van der Waals surface area contributed by atoms with Crippen LogP contribution in [0.2, 0.25) is 0 Å². The van der Waals surface area contributed by atoms with E-state index in [4.69, 9.17) is 5.11 Å². The summed E-state index contributed by atoms with van der Waals surface area (Å²) in [6, 6.07) is 7.70. The van der Waals surface area contributed by atoms with Crippen LogP contribution in [0.5, 0.6) is 0 Å². The molecule has 1 unspecified atom stereocenters. The Kier molecular flexibility index (Phi) is 2.71. The molecule has 1 aromatic carbocycles. The number of fused-ring (bicyclic) bond motifs is 1. The number of carboxylic acid groups (broad SMARTS) is 1. The van der Waals surface area contributed by atoms with Gasteiger partial charge >= 0.3 is 5.97 Å². The van der Waals surface area contributed by atoms with Gasteiger partial charge in [-0.15, -0.1) is 0 Å². The number of aromatic nitrogens is 2. The van der Waals surface area contributed by atoms with E-state index in [1.165, 1.54) is 17.8 Å². The number of carbonyl (C=O) groups is 1. The van der Waals surface area contributed by atoms with E-state index in [9.17, 15) is 4.79 Å². The van der Waals surface area contributed by atoms with Crippen molar-refractivity contribution in [3.8, 4) is 0 Å². The lowest BCUT2D eigenvalue weighted by Crippen LogP contribution is -2.15. The largest absolute Gasteiger partial charge is 0.477 e. The van der Waals surface area contributed by atoms with Crippen molar-refractivity contribution in [2.75, 3.05) is 0 Å². The number of rotatable bonds is 3. The molecule has 0 bridgehead atoms. The highest BCUT2D eigenvalue weighted by Crippen LogP contribution is 2.32. The molecule has 0 amide bonds. The first kappa shape index (κ1) is 11.7. The Hall–Kier alpha value is -2.36. The molecule has 0 fully saturated rings. The Morgan fingerprint density at radius 1 is 1.42 bits per heavy atom. The highest BCUT2D eigenvalue weighted by Gasteiger charge is 2.23. The van der Waals surface area contributed by atoms with Gasteiger partial charge in [-0.2, -0.15) is 5.10 Å². The Morgan fingerprint density at radius 3 is 3.00 bits per heavy atom. The monoisotopic (exact) mass is 254 g/mol. The van der Waals surface area contributed by atoms with Gasteiger partial charge in [-0.1, -0.05) is 37.3 Å². The summed E-state index contributed by atoms with van der Waals surface area (Å²) in [7, 11) is 0. The summed E-state index contributed by atoms with van der Waals surface area (Å²) in [4.78, 5) is 11.2. The van der Waals surface area contributed by atoms with Crippen LogP contribution in [0.25, 0.3) is 6.08 Å². The normalized spacial score (nSPS) is 16.6. The topological polar surface area (TPSA) is 55.1 Å². The first-order valence-corrected chi connectivity index (χ1v) is 6.28. The van der Waals surface area contributed by atoms with Gasteiger partial charge in [0.2, 0.25) is 0 Å². The van der Waals surface area contributed by atoms with Crippen LogP contribution in [0.4, 0.5) is 0 Å². The number of allylic oxidation sites excluding steroid dienone is 1. The molecule has 0 radical (unpaired) electrons. The fourth-order valence-electron chi connectivity index (χ4n) is 2.47. The molecule has 0 saturated carbocycles. The van der Waals surface area contributed by atoms with Gasteiger partial charge in [0.25, 0.3) is 0 Å². The second-order valence-corrected chi connectivity index (χ2v) is 4.59. The molecule has 1 atom stereocenters. The lowest BCUT2D eigenvalue weighted by Gasteiger charge is -2.14. The molecule has 19 heavy (non-hydrogen) atoms. The third-order valence-electron chi connectivity index (χ3n) is 3.49. The Morgan fingerprint density at radius 2 is 2.26 bits per heavy atom. The maximum Gasteiger partial charge on any atom is 0.354 e. The van der Waals surface area contributed by atoms with E-state index >= 15 is 0 Å². The Bertz CT molecular complexity index is 671. The number of hydrogen-bond acceptors (Lipinski definition) is 2. The molecule has 2 aromatic rings. The highest BCUT2D eigenvalue weighted by molar-refractivity contribution is 5.85. The minimum absolute atomic E-state index is 0.123. The lowest BCUT2D eigenvalue weighted by atomic mass is 10.0. The molecule has 1 N–H and O–H groups in total. The quantitative estimate of drug-likeness (QED) is 0.916. The molecular formula is C15H14N2O2. The molecule has 1 aromatic heterocycles. The van der Waals surface area contributed by atoms with Gasteiger partial charge < -0.3 is 5.11 Å². The van der Waals surface area contributed by atoms with Crippen molar-refractivity contribution in [2.24, 2.45) is 0 Å². The predicted octanol–water partition coefficient (Wildman–Crippen LogP) is 2.76. The summed E-state index contributed by atoms with van der Waals surface area (Å²) in [5, 5.41) is 13.3. The molecule has 1 aliphatic rings. The molecule has 3 rings (SSSR count). The zero-order chi connectivity index (χ0) is 13.4. The molecule has 1 aliphatic carbocycles. The molecule has 96 valence electrons. The van der Waals surface area contributed by atoms with Crippen molar-refractivity contribution in [2.45, 2.75) is 19.4 Å². The number of carboxylic acids is 1. The number of nitrogens with zero attached hydrogens (tertiary/aromatic N) is 2. The van der Waals surface area contributed by atoms with E-state index in [2.05, 4.69) is 30.2 Å². The van der Waals surface area contributed by atoms with Crippen molar-refractivity contribution < 1.29 is 9.90 Å². The van der Waals surface area contributed by atoms with E-state index in [-0.39, 0.29) is 11.7 Å². The van der Waals surface area contributed by atoms with Crippen molar-refractivity contribution in [1.82, 2.24) is 9.78 Å². The van der Waals surface area contributed by atoms with E-state index in [0.29, 0.717) is 0 Å². The summed E-state index contributed by atoms with van der Waals surface area (Å²) >= 11 is 0. The van der Waals surface area contributed by atoms with E-state index < -0.39 is 5.97 Å². The second kappa shape index (κ2) is 4.39. The molecular weight excluding hydrogens is 240 g/mol. The van der Waals surface area contributed by atoms with Crippen LogP contribution in [0.1, 0.15) is 40.1 Å². The third-order valence-corrected chi connectivity index (χ3v) is 3.49. The maximum absolute atomic E-state index is 11.2. The number of hydrogen-bond donors (Lipinski definition) is 1. The fraction of sp³-hybridized carbons (Fsp3) is 0.200. The number of aromatic carboxylic acids is 1. The lowest BCUT2D eigenvalue weighted by molar-refractivity contribution is 0.0683. The van der Waals surface area contributed by atoms with Crippen LogP contribution < -0.4 is 0 Å². The summed E-state index contributed by atoms with van der Waals surface area (Å²) in [5.41, 5.74) is 3.74. The van der Waals surface area contributed by atoms with E-state index in [1.807, 2.05) is 12.2 Å². The van der Waals surface area contributed by atoms with Gasteiger partial charge in [0.15, 0.2) is 0 Å². The minimum Gasteiger partial charge on any atom is -0.477 e. The molecule has 4 nitrogen and oxygen atoms in total. The van der Waals surface area contributed by atoms with Crippen molar-refractivity contribution in [1.29, 1.82) is 0 Å². The molecule has 0 spiro atoms. The van der Waals surface area contributed by atoms with Crippen molar-refractivity contribution in [3.63, 3.8) is 0 Å². The molecule has 0 aliphatic heterocycles. The first-order valence-electron chi connectivity index (χ1n) is 6.28. The van der Waals surface area contributed by atoms with Crippen LogP contribution in [0, 0.1) is 0 Å². The first-order chi connectivity index (χ1) is 9.20. The van der Waals surface area contributed by atoms with Crippen LogP contribution in [-0.2, 0) is 6.42 Å². The SMILES string of the molecule is CCc1ccc2c(c1)C=CC2n1nccc1C(=O)O. The maximum atomic E-state index is 11.2. The van der Waals surface area contributed by atoms with Crippen molar-refractivity contribution in [3.05, 3.63) is 58.9 Å². The smallest absolute Gasteiger partial charge is 0.354 e. The van der Waals surface area contributed by atoms with E-state index in [1.54, 1.807) is 4.68 Å². The van der Waals surface area contributed by atoms with Gasteiger partial charge in [0.05, 0.1) is 6.04 Å². The zero-order valence-corrected chi connectivity index (χ0v) is 10.6. The van der Waals surface area contributed by atoms with Crippen LogP contribution in [-0.4, -0.2) is 20.9 Å². The van der Waals surface area contributed by atoms with Gasteiger partial charge in [-0.05, 0) is 29.2 Å². The zero-order valence-electron chi connectivity index (χ0n) is 10.6. The summed E-state index contributed by atoms with van der Waals surface area (Å²) in [5.74, 6) is -0.954. The molecule has 4 heteroatoms. The average molecular weight is 254 g/mol. The summed E-state index contributed by atoms with van der Waals surface area (Å²) in [6.45, 7) is 2.12. The van der Waals surface area contributed by atoms with Gasteiger partial charge in [-0.3, -0.25) is 0 Å². The highest BCUT2D eigenvalue weighted by atomic mass is 16.4. The minimum atomic E-state index is -0.954. The molecule has 0 saturated heterocycles. The Balaban J connectivity index is 2.05. The summed E-state index contributed by atoms with van der Waals surface area (Å²) < 4.78 is 1.55.